The van der Waals surface area contributed by atoms with Crippen molar-refractivity contribution in [3.63, 3.8) is 0 Å². The molecular formula is C11H22N2O3S. The van der Waals surface area contributed by atoms with Crippen molar-refractivity contribution >= 4 is 23.8 Å². The van der Waals surface area contributed by atoms with Crippen molar-refractivity contribution < 1.29 is 14.7 Å². The standard InChI is InChI=1S/C11H22N2O3S/c1-9(2)8-17-7-3-5-12-11(16)13-6-4-10(14)15/h9H,3-8H2,1-2H3,(H,14,15)(H2,12,13,16). The lowest BCUT2D eigenvalue weighted by Crippen LogP contribution is -2.37. The number of carbonyl (C=O) groups is 2. The molecule has 0 saturated heterocycles. The number of carbonyl (C=O) groups excluding carboxylic acids is 1. The maximum atomic E-state index is 11.1. The highest BCUT2D eigenvalue weighted by molar-refractivity contribution is 7.99. The van der Waals surface area contributed by atoms with Crippen molar-refractivity contribution in [3.8, 4) is 0 Å². The van der Waals surface area contributed by atoms with Crippen molar-refractivity contribution in [2.24, 2.45) is 5.92 Å². The van der Waals surface area contributed by atoms with Crippen molar-refractivity contribution in [2.75, 3.05) is 24.6 Å². The number of hydrogen-bond acceptors (Lipinski definition) is 3. The third-order valence-corrected chi connectivity index (χ3v) is 3.31. The van der Waals surface area contributed by atoms with E-state index in [4.69, 9.17) is 5.11 Å². The zero-order chi connectivity index (χ0) is 13.1. The molecule has 0 radical (unpaired) electrons. The topological polar surface area (TPSA) is 78.4 Å². The van der Waals surface area contributed by atoms with Crippen LogP contribution in [0.2, 0.25) is 0 Å². The summed E-state index contributed by atoms with van der Waals surface area (Å²) < 4.78 is 0. The summed E-state index contributed by atoms with van der Waals surface area (Å²) in [6.07, 6.45) is 0.890. The van der Waals surface area contributed by atoms with E-state index >= 15 is 0 Å². The Hall–Kier alpha value is -0.910. The average Bonchev–Trinajstić information content (AvgIpc) is 2.22. The van der Waals surface area contributed by atoms with Gasteiger partial charge in [-0.25, -0.2) is 4.79 Å². The molecule has 17 heavy (non-hydrogen) atoms. The number of aliphatic carboxylic acids is 1. The number of rotatable bonds is 9. The largest absolute Gasteiger partial charge is 0.481 e. The highest BCUT2D eigenvalue weighted by Crippen LogP contribution is 2.07. The summed E-state index contributed by atoms with van der Waals surface area (Å²) in [7, 11) is 0. The van der Waals surface area contributed by atoms with Gasteiger partial charge in [0.05, 0.1) is 6.42 Å². The van der Waals surface area contributed by atoms with Crippen LogP contribution in [0, 0.1) is 5.92 Å². The molecule has 0 fully saturated rings. The summed E-state index contributed by atoms with van der Waals surface area (Å²) in [5, 5.41) is 13.5. The zero-order valence-electron chi connectivity index (χ0n) is 10.5. The van der Waals surface area contributed by atoms with E-state index in [1.54, 1.807) is 0 Å². The van der Waals surface area contributed by atoms with Crippen LogP contribution in [0.3, 0.4) is 0 Å². The molecule has 0 aliphatic rings. The first kappa shape index (κ1) is 16.1. The second-order valence-corrected chi connectivity index (χ2v) is 5.30. The van der Waals surface area contributed by atoms with E-state index in [1.807, 2.05) is 11.8 Å². The Morgan fingerprint density at radius 3 is 2.47 bits per heavy atom. The van der Waals surface area contributed by atoms with Crippen LogP contribution < -0.4 is 10.6 Å². The van der Waals surface area contributed by atoms with E-state index in [0.29, 0.717) is 12.5 Å². The smallest absolute Gasteiger partial charge is 0.314 e. The number of carboxylic acid groups (broad SMARTS) is 1. The quantitative estimate of drug-likeness (QED) is 0.551. The molecule has 5 nitrogen and oxygen atoms in total. The molecule has 3 N–H and O–H groups in total. The molecule has 0 aliphatic heterocycles. The monoisotopic (exact) mass is 262 g/mol. The van der Waals surface area contributed by atoms with E-state index in [1.165, 1.54) is 0 Å². The van der Waals surface area contributed by atoms with Gasteiger partial charge >= 0.3 is 12.0 Å². The van der Waals surface area contributed by atoms with Gasteiger partial charge in [0.2, 0.25) is 0 Å². The summed E-state index contributed by atoms with van der Waals surface area (Å²) in [5.74, 6) is 1.97. The second kappa shape index (κ2) is 10.3. The minimum Gasteiger partial charge on any atom is -0.481 e. The van der Waals surface area contributed by atoms with Crippen LogP contribution in [0.4, 0.5) is 4.79 Å². The Bertz CT molecular complexity index is 235. The van der Waals surface area contributed by atoms with Crippen molar-refractivity contribution in [3.05, 3.63) is 0 Å². The SMILES string of the molecule is CC(C)CSCCCNC(=O)NCCC(=O)O. The number of thioether (sulfide) groups is 1. The first-order valence-electron chi connectivity index (χ1n) is 5.83. The zero-order valence-corrected chi connectivity index (χ0v) is 11.3. The maximum absolute atomic E-state index is 11.1. The summed E-state index contributed by atoms with van der Waals surface area (Å²) in [4.78, 5) is 21.3. The lowest BCUT2D eigenvalue weighted by molar-refractivity contribution is -0.136. The fourth-order valence-electron chi connectivity index (χ4n) is 1.04. The van der Waals surface area contributed by atoms with Crippen LogP contribution in [-0.2, 0) is 4.79 Å². The molecule has 0 unspecified atom stereocenters. The van der Waals surface area contributed by atoms with Gasteiger partial charge in [0, 0.05) is 13.1 Å². The molecule has 0 saturated carbocycles. The lowest BCUT2D eigenvalue weighted by atomic mass is 10.3. The Labute approximate surface area is 107 Å². The molecule has 0 aromatic heterocycles. The first-order valence-corrected chi connectivity index (χ1v) is 6.99. The van der Waals surface area contributed by atoms with E-state index < -0.39 is 5.97 Å². The van der Waals surface area contributed by atoms with E-state index in [2.05, 4.69) is 24.5 Å². The van der Waals surface area contributed by atoms with Crippen LogP contribution in [0.25, 0.3) is 0 Å². The second-order valence-electron chi connectivity index (χ2n) is 4.15. The van der Waals surface area contributed by atoms with Crippen LogP contribution >= 0.6 is 11.8 Å². The van der Waals surface area contributed by atoms with Crippen LogP contribution in [0.1, 0.15) is 26.7 Å². The molecule has 6 heteroatoms. The Morgan fingerprint density at radius 1 is 1.24 bits per heavy atom. The summed E-state index contributed by atoms with van der Waals surface area (Å²) in [6, 6.07) is -0.292. The fourth-order valence-corrected chi connectivity index (χ4v) is 2.03. The highest BCUT2D eigenvalue weighted by Gasteiger charge is 2.01. The highest BCUT2D eigenvalue weighted by atomic mass is 32.2. The predicted octanol–water partition coefficient (Wildman–Crippen LogP) is 1.54. The first-order chi connectivity index (χ1) is 8.02. The molecule has 0 heterocycles. The average molecular weight is 262 g/mol. The van der Waals surface area contributed by atoms with Gasteiger partial charge in [-0.2, -0.15) is 11.8 Å². The summed E-state index contributed by atoms with van der Waals surface area (Å²) >= 11 is 1.89. The minimum atomic E-state index is -0.907. The van der Waals surface area contributed by atoms with E-state index in [-0.39, 0.29) is 19.0 Å². The molecule has 0 bridgehead atoms. The van der Waals surface area contributed by atoms with Crippen LogP contribution in [0.15, 0.2) is 0 Å². The number of urea groups is 1. The van der Waals surface area contributed by atoms with Gasteiger partial charge < -0.3 is 15.7 Å². The lowest BCUT2D eigenvalue weighted by Gasteiger charge is -2.07. The van der Waals surface area contributed by atoms with Gasteiger partial charge in [0.15, 0.2) is 0 Å². The minimum absolute atomic E-state index is 0.0440. The molecule has 0 aromatic rings. The maximum Gasteiger partial charge on any atom is 0.314 e. The number of nitrogens with one attached hydrogen (secondary N) is 2. The molecule has 100 valence electrons. The van der Waals surface area contributed by atoms with Gasteiger partial charge in [0.1, 0.15) is 0 Å². The van der Waals surface area contributed by atoms with Crippen molar-refractivity contribution in [1.29, 1.82) is 0 Å². The van der Waals surface area contributed by atoms with Crippen LogP contribution in [0.5, 0.6) is 0 Å². The van der Waals surface area contributed by atoms with E-state index in [0.717, 1.165) is 17.9 Å². The third-order valence-electron chi connectivity index (χ3n) is 1.83. The third kappa shape index (κ3) is 13.0. The van der Waals surface area contributed by atoms with Gasteiger partial charge in [-0.3, -0.25) is 4.79 Å². The molecule has 0 rings (SSSR count). The molecule has 0 aliphatic carbocycles. The Morgan fingerprint density at radius 2 is 1.88 bits per heavy atom. The number of carboxylic acids is 1. The number of hydrogen-bond donors (Lipinski definition) is 3. The Balaban J connectivity index is 3.25. The molecule has 0 spiro atoms. The van der Waals surface area contributed by atoms with Gasteiger partial charge in [-0.1, -0.05) is 13.8 Å². The van der Waals surface area contributed by atoms with Gasteiger partial charge in [-0.05, 0) is 23.8 Å². The summed E-state index contributed by atoms with van der Waals surface area (Å²) in [5.41, 5.74) is 0. The molecule has 0 atom stereocenters. The molecular weight excluding hydrogens is 240 g/mol. The van der Waals surface area contributed by atoms with Crippen molar-refractivity contribution in [1.82, 2.24) is 10.6 Å². The predicted molar refractivity (Wildman–Crippen MR) is 70.4 cm³/mol. The molecule has 0 aromatic carbocycles. The summed E-state index contributed by atoms with van der Waals surface area (Å²) in [6.45, 7) is 5.16. The molecule has 2 amide bonds. The normalized spacial score (nSPS) is 10.3. The fraction of sp³-hybridized carbons (Fsp3) is 0.818. The Kier molecular flexibility index (Phi) is 9.71. The van der Waals surface area contributed by atoms with Gasteiger partial charge in [0.25, 0.3) is 0 Å². The number of amides is 2. The van der Waals surface area contributed by atoms with Crippen molar-refractivity contribution in [2.45, 2.75) is 26.7 Å². The van der Waals surface area contributed by atoms with Crippen LogP contribution in [-0.4, -0.2) is 41.7 Å². The van der Waals surface area contributed by atoms with E-state index in [9.17, 15) is 9.59 Å². The van der Waals surface area contributed by atoms with Gasteiger partial charge in [-0.15, -0.1) is 0 Å².